The largest absolute Gasteiger partial charge is 0.334 e. The molecule has 0 aromatic heterocycles. The van der Waals surface area contributed by atoms with Crippen molar-refractivity contribution in [2.45, 2.75) is 43.5 Å². The fourth-order valence-electron chi connectivity index (χ4n) is 3.76. The number of benzene rings is 1. The summed E-state index contributed by atoms with van der Waals surface area (Å²) in [6.45, 7) is 4.50. The molecule has 0 bridgehead atoms. The summed E-state index contributed by atoms with van der Waals surface area (Å²) in [7, 11) is -3.44. The van der Waals surface area contributed by atoms with E-state index in [2.05, 4.69) is 6.92 Å². The molecule has 0 saturated carbocycles. The van der Waals surface area contributed by atoms with Gasteiger partial charge in [0, 0.05) is 37.8 Å². The molecule has 2 N–H and O–H groups in total. The Morgan fingerprint density at radius 2 is 1.77 bits per heavy atom. The number of hydrogen-bond acceptors (Lipinski definition) is 4. The van der Waals surface area contributed by atoms with Crippen LogP contribution in [0, 0.1) is 5.92 Å². The smallest absolute Gasteiger partial charge is 0.254 e. The number of nitrogens with zero attached hydrogens (tertiary/aromatic N) is 2. The molecule has 1 aromatic rings. The number of hydrogen-bond donors (Lipinski definition) is 1. The summed E-state index contributed by atoms with van der Waals surface area (Å²) in [5, 5.41) is 0. The van der Waals surface area contributed by atoms with Crippen molar-refractivity contribution in [3.05, 3.63) is 29.8 Å². The van der Waals surface area contributed by atoms with Gasteiger partial charge in [-0.25, -0.2) is 8.42 Å². The predicted molar refractivity (Wildman–Crippen MR) is 104 cm³/mol. The quantitative estimate of drug-likeness (QED) is 0.837. The number of amides is 1. The lowest BCUT2D eigenvalue weighted by Crippen LogP contribution is -2.49. The summed E-state index contributed by atoms with van der Waals surface area (Å²) < 4.78 is 26.6. The van der Waals surface area contributed by atoms with Gasteiger partial charge in [0.05, 0.1) is 4.90 Å². The van der Waals surface area contributed by atoms with Crippen molar-refractivity contribution >= 4 is 28.3 Å². The Kier molecular flexibility index (Phi) is 7.07. The van der Waals surface area contributed by atoms with Gasteiger partial charge < -0.3 is 10.6 Å². The van der Waals surface area contributed by atoms with Crippen LogP contribution in [0.3, 0.4) is 0 Å². The number of piperidine rings is 1. The van der Waals surface area contributed by atoms with Crippen LogP contribution >= 0.6 is 12.4 Å². The lowest BCUT2D eigenvalue weighted by atomic mass is 9.92. The van der Waals surface area contributed by atoms with E-state index in [1.165, 1.54) is 4.31 Å². The highest BCUT2D eigenvalue weighted by molar-refractivity contribution is 7.89. The van der Waals surface area contributed by atoms with Crippen molar-refractivity contribution in [3.63, 3.8) is 0 Å². The average molecular weight is 402 g/mol. The number of halogens is 1. The average Bonchev–Trinajstić information content (AvgIpc) is 3.16. The molecular formula is C18H28ClN3O3S. The number of carbonyl (C=O) groups is 1. The Balaban J connectivity index is 0.00000243. The Hall–Kier alpha value is -1.15. The first kappa shape index (κ1) is 21.2. The maximum atomic E-state index is 12.8. The van der Waals surface area contributed by atoms with Crippen molar-refractivity contribution in [2.75, 3.05) is 26.2 Å². The van der Waals surface area contributed by atoms with Crippen LogP contribution in [-0.2, 0) is 10.0 Å². The van der Waals surface area contributed by atoms with Crippen LogP contribution in [0.25, 0.3) is 0 Å². The molecule has 8 heteroatoms. The minimum atomic E-state index is -3.44. The zero-order chi connectivity index (χ0) is 18.0. The van der Waals surface area contributed by atoms with E-state index in [9.17, 15) is 13.2 Å². The minimum absolute atomic E-state index is 0. The number of rotatable bonds is 4. The summed E-state index contributed by atoms with van der Waals surface area (Å²) in [6, 6.07) is 6.40. The molecule has 2 aliphatic heterocycles. The van der Waals surface area contributed by atoms with E-state index in [1.54, 1.807) is 24.3 Å². The zero-order valence-corrected chi connectivity index (χ0v) is 16.8. The Morgan fingerprint density at radius 3 is 2.35 bits per heavy atom. The molecule has 2 fully saturated rings. The fourth-order valence-corrected chi connectivity index (χ4v) is 5.27. The molecule has 0 radical (unpaired) electrons. The minimum Gasteiger partial charge on any atom is -0.334 e. The van der Waals surface area contributed by atoms with Gasteiger partial charge in [0.25, 0.3) is 5.91 Å². The SMILES string of the molecule is CC1CCN(C(=O)c2ccc(S(=O)(=O)N3CCCC3)cc2)C(CN)C1.Cl. The van der Waals surface area contributed by atoms with Gasteiger partial charge in [-0.2, -0.15) is 4.31 Å². The van der Waals surface area contributed by atoms with E-state index in [4.69, 9.17) is 5.73 Å². The van der Waals surface area contributed by atoms with Crippen molar-refractivity contribution in [1.29, 1.82) is 0 Å². The van der Waals surface area contributed by atoms with E-state index in [1.807, 2.05) is 4.90 Å². The molecule has 146 valence electrons. The van der Waals surface area contributed by atoms with Crippen LogP contribution in [-0.4, -0.2) is 55.8 Å². The topological polar surface area (TPSA) is 83.7 Å². The molecular weight excluding hydrogens is 374 g/mol. The van der Waals surface area contributed by atoms with Crippen LogP contribution in [0.1, 0.15) is 43.0 Å². The number of sulfonamides is 1. The first-order valence-corrected chi connectivity index (χ1v) is 10.5. The standard InChI is InChI=1S/C18H27N3O3S.ClH/c1-14-8-11-21(16(12-14)13-19)18(22)15-4-6-17(7-5-15)25(23,24)20-9-2-3-10-20;/h4-7,14,16H,2-3,8-13,19H2,1H3;1H. The predicted octanol–water partition coefficient (Wildman–Crippen LogP) is 2.09. The molecule has 6 nitrogen and oxygen atoms in total. The van der Waals surface area contributed by atoms with Crippen LogP contribution in [0.5, 0.6) is 0 Å². The Morgan fingerprint density at radius 1 is 1.15 bits per heavy atom. The molecule has 0 aliphatic carbocycles. The highest BCUT2D eigenvalue weighted by Gasteiger charge is 2.30. The Bertz CT molecular complexity index is 718. The van der Waals surface area contributed by atoms with Gasteiger partial charge in [-0.15, -0.1) is 12.4 Å². The zero-order valence-electron chi connectivity index (χ0n) is 15.1. The van der Waals surface area contributed by atoms with E-state index in [0.717, 1.165) is 25.7 Å². The van der Waals surface area contributed by atoms with Gasteiger partial charge in [-0.3, -0.25) is 4.79 Å². The second kappa shape index (κ2) is 8.69. The van der Waals surface area contributed by atoms with Gasteiger partial charge in [0.1, 0.15) is 0 Å². The number of nitrogens with two attached hydrogens (primary N) is 1. The van der Waals surface area contributed by atoms with E-state index >= 15 is 0 Å². The van der Waals surface area contributed by atoms with Crippen molar-refractivity contribution in [1.82, 2.24) is 9.21 Å². The third kappa shape index (κ3) is 4.22. The Labute approximate surface area is 162 Å². The molecule has 26 heavy (non-hydrogen) atoms. The van der Waals surface area contributed by atoms with Crippen molar-refractivity contribution < 1.29 is 13.2 Å². The molecule has 2 saturated heterocycles. The highest BCUT2D eigenvalue weighted by atomic mass is 35.5. The molecule has 2 atom stereocenters. The maximum absolute atomic E-state index is 12.8. The van der Waals surface area contributed by atoms with E-state index < -0.39 is 10.0 Å². The van der Waals surface area contributed by atoms with Crippen LogP contribution in [0.2, 0.25) is 0 Å². The molecule has 2 heterocycles. The summed E-state index contributed by atoms with van der Waals surface area (Å²) in [5.74, 6) is 0.512. The first-order chi connectivity index (χ1) is 11.9. The molecule has 1 amide bonds. The first-order valence-electron chi connectivity index (χ1n) is 9.04. The van der Waals surface area contributed by atoms with Crippen LogP contribution in [0.4, 0.5) is 0 Å². The number of carbonyl (C=O) groups excluding carboxylic acids is 1. The molecule has 0 spiro atoms. The second-order valence-corrected chi connectivity index (χ2v) is 9.09. The van der Waals surface area contributed by atoms with Crippen molar-refractivity contribution in [2.24, 2.45) is 11.7 Å². The van der Waals surface area contributed by atoms with Crippen LogP contribution in [0.15, 0.2) is 29.2 Å². The summed E-state index contributed by atoms with van der Waals surface area (Å²) >= 11 is 0. The summed E-state index contributed by atoms with van der Waals surface area (Å²) in [6.07, 6.45) is 3.71. The fraction of sp³-hybridized carbons (Fsp3) is 0.611. The molecule has 1 aromatic carbocycles. The second-order valence-electron chi connectivity index (χ2n) is 7.15. The number of likely N-dealkylation sites (tertiary alicyclic amines) is 1. The highest BCUT2D eigenvalue weighted by Crippen LogP contribution is 2.25. The van der Waals surface area contributed by atoms with Gasteiger partial charge >= 0.3 is 0 Å². The third-order valence-electron chi connectivity index (χ3n) is 5.32. The van der Waals surface area contributed by atoms with E-state index in [-0.39, 0.29) is 29.3 Å². The van der Waals surface area contributed by atoms with Gasteiger partial charge in [-0.1, -0.05) is 6.92 Å². The molecule has 3 rings (SSSR count). The summed E-state index contributed by atoms with van der Waals surface area (Å²) in [4.78, 5) is 14.9. The maximum Gasteiger partial charge on any atom is 0.254 e. The van der Waals surface area contributed by atoms with Gasteiger partial charge in [-0.05, 0) is 55.9 Å². The van der Waals surface area contributed by atoms with Crippen molar-refractivity contribution in [3.8, 4) is 0 Å². The lowest BCUT2D eigenvalue weighted by Gasteiger charge is -2.38. The van der Waals surface area contributed by atoms with Gasteiger partial charge in [0.15, 0.2) is 0 Å². The van der Waals surface area contributed by atoms with E-state index in [0.29, 0.717) is 37.7 Å². The van der Waals surface area contributed by atoms with Gasteiger partial charge in [0.2, 0.25) is 10.0 Å². The third-order valence-corrected chi connectivity index (χ3v) is 7.23. The van der Waals surface area contributed by atoms with Crippen LogP contribution < -0.4 is 5.73 Å². The monoisotopic (exact) mass is 401 g/mol. The molecule has 2 aliphatic rings. The summed E-state index contributed by atoms with van der Waals surface area (Å²) in [5.41, 5.74) is 6.37. The lowest BCUT2D eigenvalue weighted by molar-refractivity contribution is 0.0573. The molecule has 2 unspecified atom stereocenters. The normalized spacial score (nSPS) is 24.3.